The first-order valence-electron chi connectivity index (χ1n) is 6.61. The van der Waals surface area contributed by atoms with Crippen LogP contribution < -0.4 is 14.8 Å². The van der Waals surface area contributed by atoms with Gasteiger partial charge >= 0.3 is 0 Å². The summed E-state index contributed by atoms with van der Waals surface area (Å²) < 4.78 is 10.6. The monoisotopic (exact) mass is 292 g/mol. The summed E-state index contributed by atoms with van der Waals surface area (Å²) in [6.45, 7) is 3.04. The SMILES string of the molecule is CCNC(Cc1ccc(OC)c(OC)c1)c1cncs1. The van der Waals surface area contributed by atoms with E-state index in [2.05, 4.69) is 23.3 Å². The topological polar surface area (TPSA) is 43.4 Å². The van der Waals surface area contributed by atoms with Crippen LogP contribution in [-0.4, -0.2) is 25.7 Å². The summed E-state index contributed by atoms with van der Waals surface area (Å²) in [5.41, 5.74) is 3.08. The van der Waals surface area contributed by atoms with Gasteiger partial charge in [-0.05, 0) is 30.7 Å². The molecule has 1 aromatic heterocycles. The fourth-order valence-corrected chi connectivity index (χ4v) is 2.86. The van der Waals surface area contributed by atoms with E-state index >= 15 is 0 Å². The maximum Gasteiger partial charge on any atom is 0.160 e. The standard InChI is InChI=1S/C15H20N2O2S/c1-4-17-12(15-9-16-10-20-15)7-11-5-6-13(18-2)14(8-11)19-3/h5-6,8-10,12,17H,4,7H2,1-3H3. The molecule has 0 saturated carbocycles. The van der Waals surface area contributed by atoms with Crippen molar-refractivity contribution in [1.82, 2.24) is 10.3 Å². The molecular formula is C15H20N2O2S. The van der Waals surface area contributed by atoms with Crippen molar-refractivity contribution in [1.29, 1.82) is 0 Å². The van der Waals surface area contributed by atoms with Gasteiger partial charge < -0.3 is 14.8 Å². The molecule has 0 saturated heterocycles. The van der Waals surface area contributed by atoms with Crippen LogP contribution in [0.2, 0.25) is 0 Å². The summed E-state index contributed by atoms with van der Waals surface area (Å²) in [5.74, 6) is 1.53. The van der Waals surface area contributed by atoms with Gasteiger partial charge in [0.1, 0.15) is 0 Å². The number of hydrogen-bond acceptors (Lipinski definition) is 5. The second-order valence-corrected chi connectivity index (χ2v) is 5.33. The molecule has 0 bridgehead atoms. The van der Waals surface area contributed by atoms with Crippen molar-refractivity contribution < 1.29 is 9.47 Å². The molecule has 0 amide bonds. The van der Waals surface area contributed by atoms with Crippen LogP contribution in [-0.2, 0) is 6.42 Å². The van der Waals surface area contributed by atoms with Gasteiger partial charge in [0.2, 0.25) is 0 Å². The molecule has 0 spiro atoms. The Labute approximate surface area is 123 Å². The minimum atomic E-state index is 0.283. The number of ether oxygens (including phenoxy) is 2. The lowest BCUT2D eigenvalue weighted by atomic mass is 10.0. The fourth-order valence-electron chi connectivity index (χ4n) is 2.16. The number of thiazole rings is 1. The molecule has 2 rings (SSSR count). The summed E-state index contributed by atoms with van der Waals surface area (Å²) in [4.78, 5) is 5.41. The zero-order valence-electron chi connectivity index (χ0n) is 12.1. The fraction of sp³-hybridized carbons (Fsp3) is 0.400. The highest BCUT2D eigenvalue weighted by atomic mass is 32.1. The van der Waals surface area contributed by atoms with Crippen molar-refractivity contribution in [3.8, 4) is 11.5 Å². The van der Waals surface area contributed by atoms with E-state index in [1.165, 1.54) is 10.4 Å². The molecule has 1 heterocycles. The Kier molecular flexibility index (Phi) is 5.38. The van der Waals surface area contributed by atoms with Gasteiger partial charge in [-0.25, -0.2) is 0 Å². The maximum atomic E-state index is 5.35. The third-order valence-corrected chi connectivity index (χ3v) is 4.02. The van der Waals surface area contributed by atoms with E-state index in [-0.39, 0.29) is 6.04 Å². The first-order chi connectivity index (χ1) is 9.78. The summed E-state index contributed by atoms with van der Waals surface area (Å²) >= 11 is 1.68. The van der Waals surface area contributed by atoms with Crippen LogP contribution in [0.5, 0.6) is 11.5 Å². The third kappa shape index (κ3) is 3.49. The van der Waals surface area contributed by atoms with E-state index < -0.39 is 0 Å². The lowest BCUT2D eigenvalue weighted by molar-refractivity contribution is 0.354. The lowest BCUT2D eigenvalue weighted by Crippen LogP contribution is -2.22. The quantitative estimate of drug-likeness (QED) is 0.852. The van der Waals surface area contributed by atoms with Gasteiger partial charge in [-0.15, -0.1) is 11.3 Å². The van der Waals surface area contributed by atoms with Crippen LogP contribution in [0.4, 0.5) is 0 Å². The van der Waals surface area contributed by atoms with Crippen molar-refractivity contribution in [3.63, 3.8) is 0 Å². The van der Waals surface area contributed by atoms with E-state index in [0.29, 0.717) is 0 Å². The highest BCUT2D eigenvalue weighted by Crippen LogP contribution is 2.30. The van der Waals surface area contributed by atoms with Gasteiger partial charge in [-0.3, -0.25) is 4.98 Å². The Balaban J connectivity index is 2.18. The molecule has 0 aliphatic carbocycles. The molecule has 0 aliphatic rings. The first-order valence-corrected chi connectivity index (χ1v) is 7.49. The second-order valence-electron chi connectivity index (χ2n) is 4.41. The Hall–Kier alpha value is -1.59. The zero-order valence-corrected chi connectivity index (χ0v) is 12.9. The highest BCUT2D eigenvalue weighted by molar-refractivity contribution is 7.09. The smallest absolute Gasteiger partial charge is 0.160 e. The van der Waals surface area contributed by atoms with Gasteiger partial charge in [0.15, 0.2) is 11.5 Å². The number of likely N-dealkylation sites (N-methyl/N-ethyl adjacent to an activating group) is 1. The number of nitrogens with one attached hydrogen (secondary N) is 1. The average molecular weight is 292 g/mol. The van der Waals surface area contributed by atoms with E-state index in [1.54, 1.807) is 25.6 Å². The van der Waals surface area contributed by atoms with Gasteiger partial charge in [-0.1, -0.05) is 13.0 Å². The summed E-state index contributed by atoms with van der Waals surface area (Å²) in [6.07, 6.45) is 2.83. The molecule has 5 heteroatoms. The molecule has 1 aromatic carbocycles. The average Bonchev–Trinajstić information content (AvgIpc) is 3.00. The molecule has 20 heavy (non-hydrogen) atoms. The molecule has 1 atom stereocenters. The van der Waals surface area contributed by atoms with Gasteiger partial charge in [0.25, 0.3) is 0 Å². The van der Waals surface area contributed by atoms with Crippen LogP contribution in [0.15, 0.2) is 29.9 Å². The Morgan fingerprint density at radius 1 is 1.25 bits per heavy atom. The van der Waals surface area contributed by atoms with E-state index in [4.69, 9.17) is 9.47 Å². The summed E-state index contributed by atoms with van der Waals surface area (Å²) in [7, 11) is 3.31. The van der Waals surface area contributed by atoms with Gasteiger partial charge in [0.05, 0.1) is 19.7 Å². The molecule has 1 N–H and O–H groups in total. The molecule has 0 radical (unpaired) electrons. The maximum absolute atomic E-state index is 5.35. The lowest BCUT2D eigenvalue weighted by Gasteiger charge is -2.17. The molecule has 4 nitrogen and oxygen atoms in total. The van der Waals surface area contributed by atoms with Crippen molar-refractivity contribution in [3.05, 3.63) is 40.3 Å². The largest absolute Gasteiger partial charge is 0.493 e. The summed E-state index contributed by atoms with van der Waals surface area (Å²) in [5, 5.41) is 3.50. The second kappa shape index (κ2) is 7.26. The number of hydrogen-bond donors (Lipinski definition) is 1. The van der Waals surface area contributed by atoms with Crippen LogP contribution in [0.1, 0.15) is 23.4 Å². The molecule has 1 unspecified atom stereocenters. The Morgan fingerprint density at radius 2 is 2.05 bits per heavy atom. The van der Waals surface area contributed by atoms with E-state index in [1.807, 2.05) is 23.8 Å². The molecule has 2 aromatic rings. The number of methoxy groups -OCH3 is 2. The van der Waals surface area contributed by atoms with Crippen LogP contribution in [0.3, 0.4) is 0 Å². The van der Waals surface area contributed by atoms with Gasteiger partial charge in [0, 0.05) is 17.1 Å². The molecular weight excluding hydrogens is 272 g/mol. The molecule has 108 valence electrons. The minimum Gasteiger partial charge on any atom is -0.493 e. The highest BCUT2D eigenvalue weighted by Gasteiger charge is 2.14. The first kappa shape index (κ1) is 14.8. The number of benzene rings is 1. The van der Waals surface area contributed by atoms with Crippen molar-refractivity contribution >= 4 is 11.3 Å². The molecule has 0 fully saturated rings. The van der Waals surface area contributed by atoms with Crippen LogP contribution in [0.25, 0.3) is 0 Å². The normalized spacial score (nSPS) is 12.2. The predicted octanol–water partition coefficient (Wildman–Crippen LogP) is 3.05. The van der Waals surface area contributed by atoms with Crippen molar-refractivity contribution in [2.24, 2.45) is 0 Å². The van der Waals surface area contributed by atoms with Crippen molar-refractivity contribution in [2.75, 3.05) is 20.8 Å². The number of rotatable bonds is 7. The number of aromatic nitrogens is 1. The van der Waals surface area contributed by atoms with E-state index in [9.17, 15) is 0 Å². The van der Waals surface area contributed by atoms with Crippen LogP contribution >= 0.6 is 11.3 Å². The van der Waals surface area contributed by atoms with E-state index in [0.717, 1.165) is 24.5 Å². The van der Waals surface area contributed by atoms with Gasteiger partial charge in [-0.2, -0.15) is 0 Å². The minimum absolute atomic E-state index is 0.283. The zero-order chi connectivity index (χ0) is 14.4. The summed E-state index contributed by atoms with van der Waals surface area (Å²) in [6, 6.07) is 6.34. The Bertz CT molecular complexity index is 529. The Morgan fingerprint density at radius 3 is 2.65 bits per heavy atom. The van der Waals surface area contributed by atoms with Crippen molar-refractivity contribution in [2.45, 2.75) is 19.4 Å². The third-order valence-electron chi connectivity index (χ3n) is 3.13. The number of nitrogens with zero attached hydrogens (tertiary/aromatic N) is 1. The molecule has 0 aliphatic heterocycles. The predicted molar refractivity (Wildman–Crippen MR) is 81.8 cm³/mol. The van der Waals surface area contributed by atoms with Crippen LogP contribution in [0, 0.1) is 0 Å².